The number of carbonyl (C=O) groups excluding carboxylic acids is 1. The van der Waals surface area contributed by atoms with E-state index in [1.165, 1.54) is 0 Å². The third-order valence-corrected chi connectivity index (χ3v) is 4.48. The Balaban J connectivity index is 1.76. The first kappa shape index (κ1) is 16.5. The minimum atomic E-state index is 0.0255. The molecular formula is C19H23N3O2. The van der Waals surface area contributed by atoms with Crippen molar-refractivity contribution in [2.24, 2.45) is 11.7 Å². The zero-order valence-corrected chi connectivity index (χ0v) is 13.9. The van der Waals surface area contributed by atoms with Gasteiger partial charge >= 0.3 is 0 Å². The summed E-state index contributed by atoms with van der Waals surface area (Å²) in [5.41, 5.74) is 6.51. The highest BCUT2D eigenvalue weighted by molar-refractivity contribution is 5.95. The van der Waals surface area contributed by atoms with Gasteiger partial charge in [0.1, 0.15) is 11.5 Å². The number of pyridine rings is 1. The van der Waals surface area contributed by atoms with Gasteiger partial charge in [-0.25, -0.2) is 0 Å². The molecule has 24 heavy (non-hydrogen) atoms. The maximum atomic E-state index is 12.9. The number of nitrogens with two attached hydrogens (primary N) is 1. The largest absolute Gasteiger partial charge is 0.457 e. The van der Waals surface area contributed by atoms with Crippen molar-refractivity contribution in [3.05, 3.63) is 54.4 Å². The molecule has 0 saturated carbocycles. The molecule has 0 spiro atoms. The minimum Gasteiger partial charge on any atom is -0.457 e. The van der Waals surface area contributed by atoms with E-state index in [0.29, 0.717) is 29.5 Å². The summed E-state index contributed by atoms with van der Waals surface area (Å²) < 4.78 is 5.79. The Morgan fingerprint density at radius 1 is 1.29 bits per heavy atom. The zero-order valence-electron chi connectivity index (χ0n) is 13.9. The van der Waals surface area contributed by atoms with Crippen LogP contribution in [-0.4, -0.2) is 34.9 Å². The molecule has 1 saturated heterocycles. The van der Waals surface area contributed by atoms with Crippen LogP contribution in [0.1, 0.15) is 30.1 Å². The van der Waals surface area contributed by atoms with Gasteiger partial charge in [-0.1, -0.05) is 13.0 Å². The van der Waals surface area contributed by atoms with Gasteiger partial charge in [-0.05, 0) is 49.1 Å². The Hall–Kier alpha value is -2.40. The van der Waals surface area contributed by atoms with Gasteiger partial charge in [-0.15, -0.1) is 0 Å². The molecule has 1 aliphatic heterocycles. The molecule has 1 aliphatic rings. The molecule has 1 fully saturated rings. The predicted octanol–water partition coefficient (Wildman–Crippen LogP) is 3.07. The van der Waals surface area contributed by atoms with Gasteiger partial charge in [0.05, 0.1) is 0 Å². The molecule has 126 valence electrons. The van der Waals surface area contributed by atoms with Crippen molar-refractivity contribution >= 4 is 5.91 Å². The standard InChI is InChI=1S/C19H23N3O2/c1-14-7-10-22(16(11-14)13-20)19(23)15-3-2-4-18(12-15)24-17-5-8-21-9-6-17/h2-6,8-9,12,14,16H,7,10-11,13,20H2,1H3. The third-order valence-electron chi connectivity index (χ3n) is 4.48. The molecule has 1 aromatic carbocycles. The van der Waals surface area contributed by atoms with Crippen molar-refractivity contribution in [3.8, 4) is 11.5 Å². The molecular weight excluding hydrogens is 302 g/mol. The van der Waals surface area contributed by atoms with E-state index >= 15 is 0 Å². The van der Waals surface area contributed by atoms with Crippen molar-refractivity contribution in [1.29, 1.82) is 0 Å². The number of rotatable bonds is 4. The molecule has 2 aromatic rings. The number of piperidine rings is 1. The topological polar surface area (TPSA) is 68.5 Å². The third kappa shape index (κ3) is 3.74. The molecule has 2 N–H and O–H groups in total. The highest BCUT2D eigenvalue weighted by Crippen LogP contribution is 2.26. The fourth-order valence-electron chi connectivity index (χ4n) is 3.14. The summed E-state index contributed by atoms with van der Waals surface area (Å²) in [4.78, 5) is 18.8. The maximum absolute atomic E-state index is 12.9. The van der Waals surface area contributed by atoms with E-state index in [0.717, 1.165) is 19.4 Å². The minimum absolute atomic E-state index is 0.0255. The number of hydrogen-bond acceptors (Lipinski definition) is 4. The average Bonchev–Trinajstić information content (AvgIpc) is 2.62. The summed E-state index contributed by atoms with van der Waals surface area (Å²) in [5, 5.41) is 0. The van der Waals surface area contributed by atoms with Crippen LogP contribution in [0.15, 0.2) is 48.8 Å². The predicted molar refractivity (Wildman–Crippen MR) is 93.0 cm³/mol. The number of ether oxygens (including phenoxy) is 1. The Morgan fingerprint density at radius 2 is 2.08 bits per heavy atom. The number of likely N-dealkylation sites (tertiary alicyclic amines) is 1. The lowest BCUT2D eigenvalue weighted by atomic mass is 9.92. The number of benzene rings is 1. The molecule has 2 atom stereocenters. The van der Waals surface area contributed by atoms with E-state index in [9.17, 15) is 4.79 Å². The molecule has 5 nitrogen and oxygen atoms in total. The smallest absolute Gasteiger partial charge is 0.254 e. The van der Waals surface area contributed by atoms with Gasteiger partial charge < -0.3 is 15.4 Å². The molecule has 3 rings (SSSR count). The normalized spacial score (nSPS) is 20.7. The van der Waals surface area contributed by atoms with Crippen LogP contribution in [0, 0.1) is 5.92 Å². The molecule has 0 aliphatic carbocycles. The number of aromatic nitrogens is 1. The van der Waals surface area contributed by atoms with Crippen LogP contribution in [0.5, 0.6) is 11.5 Å². The molecule has 0 bridgehead atoms. The van der Waals surface area contributed by atoms with Gasteiger partial charge in [0.25, 0.3) is 5.91 Å². The Labute approximate surface area is 142 Å². The second kappa shape index (κ2) is 7.45. The Bertz CT molecular complexity index is 690. The second-order valence-electron chi connectivity index (χ2n) is 6.33. The number of nitrogens with zero attached hydrogens (tertiary/aromatic N) is 2. The second-order valence-corrected chi connectivity index (χ2v) is 6.33. The summed E-state index contributed by atoms with van der Waals surface area (Å²) in [5.74, 6) is 1.98. The summed E-state index contributed by atoms with van der Waals surface area (Å²) >= 11 is 0. The molecule has 5 heteroatoms. The lowest BCUT2D eigenvalue weighted by molar-refractivity contribution is 0.0573. The van der Waals surface area contributed by atoms with Crippen molar-refractivity contribution in [2.45, 2.75) is 25.8 Å². The molecule has 1 aromatic heterocycles. The van der Waals surface area contributed by atoms with Crippen molar-refractivity contribution in [2.75, 3.05) is 13.1 Å². The molecule has 1 amide bonds. The highest BCUT2D eigenvalue weighted by Gasteiger charge is 2.29. The van der Waals surface area contributed by atoms with Crippen LogP contribution in [-0.2, 0) is 0 Å². The van der Waals surface area contributed by atoms with Crippen LogP contribution >= 0.6 is 0 Å². The van der Waals surface area contributed by atoms with E-state index in [2.05, 4.69) is 11.9 Å². The fourth-order valence-corrected chi connectivity index (χ4v) is 3.14. The number of carbonyl (C=O) groups is 1. The van der Waals surface area contributed by atoms with Crippen molar-refractivity contribution in [1.82, 2.24) is 9.88 Å². The van der Waals surface area contributed by atoms with E-state index in [-0.39, 0.29) is 11.9 Å². The van der Waals surface area contributed by atoms with Gasteiger partial charge in [-0.3, -0.25) is 9.78 Å². The van der Waals surface area contributed by atoms with Gasteiger partial charge in [0.15, 0.2) is 0 Å². The first-order valence-electron chi connectivity index (χ1n) is 8.36. The molecule has 2 heterocycles. The van der Waals surface area contributed by atoms with Gasteiger partial charge in [0, 0.05) is 37.1 Å². The fraction of sp³-hybridized carbons (Fsp3) is 0.368. The SMILES string of the molecule is CC1CCN(C(=O)c2cccc(Oc3ccncc3)c2)C(CN)C1. The lowest BCUT2D eigenvalue weighted by Gasteiger charge is -2.38. The van der Waals surface area contributed by atoms with Gasteiger partial charge in [0.2, 0.25) is 0 Å². The summed E-state index contributed by atoms with van der Waals surface area (Å²) in [6.45, 7) is 3.48. The first-order valence-corrected chi connectivity index (χ1v) is 8.36. The lowest BCUT2D eigenvalue weighted by Crippen LogP contribution is -2.49. The van der Waals surface area contributed by atoms with E-state index in [1.807, 2.05) is 23.1 Å². The quantitative estimate of drug-likeness (QED) is 0.938. The number of hydrogen-bond donors (Lipinski definition) is 1. The number of amides is 1. The van der Waals surface area contributed by atoms with E-state index in [4.69, 9.17) is 10.5 Å². The van der Waals surface area contributed by atoms with Crippen LogP contribution in [0.2, 0.25) is 0 Å². The Kier molecular flexibility index (Phi) is 5.11. The van der Waals surface area contributed by atoms with Crippen LogP contribution < -0.4 is 10.5 Å². The monoisotopic (exact) mass is 325 g/mol. The summed E-state index contributed by atoms with van der Waals surface area (Å²) in [6.07, 6.45) is 5.33. The van der Waals surface area contributed by atoms with E-state index in [1.54, 1.807) is 30.6 Å². The summed E-state index contributed by atoms with van der Waals surface area (Å²) in [7, 11) is 0. The molecule has 0 radical (unpaired) electrons. The Morgan fingerprint density at radius 3 is 2.83 bits per heavy atom. The summed E-state index contributed by atoms with van der Waals surface area (Å²) in [6, 6.07) is 11.0. The van der Waals surface area contributed by atoms with Crippen LogP contribution in [0.25, 0.3) is 0 Å². The van der Waals surface area contributed by atoms with Crippen molar-refractivity contribution < 1.29 is 9.53 Å². The molecule has 2 unspecified atom stereocenters. The van der Waals surface area contributed by atoms with E-state index < -0.39 is 0 Å². The van der Waals surface area contributed by atoms with Crippen molar-refractivity contribution in [3.63, 3.8) is 0 Å². The van der Waals surface area contributed by atoms with Gasteiger partial charge in [-0.2, -0.15) is 0 Å². The van der Waals surface area contributed by atoms with Crippen LogP contribution in [0.3, 0.4) is 0 Å². The maximum Gasteiger partial charge on any atom is 0.254 e. The zero-order chi connectivity index (χ0) is 16.9. The van der Waals surface area contributed by atoms with Crippen LogP contribution in [0.4, 0.5) is 0 Å². The highest BCUT2D eigenvalue weighted by atomic mass is 16.5. The average molecular weight is 325 g/mol. The first-order chi connectivity index (χ1) is 11.7.